The van der Waals surface area contributed by atoms with Crippen molar-refractivity contribution in [2.45, 2.75) is 26.7 Å². The van der Waals surface area contributed by atoms with Crippen LogP contribution in [0.4, 0.5) is 0 Å². The standard InChI is InChI=1S/C11H16N2O3/c1-4-16-11(15)6-5-10(14)9-7-12-13(3)8(9)2/h7H,4-6H2,1-3H3. The molecule has 0 radical (unpaired) electrons. The molecule has 0 aromatic carbocycles. The summed E-state index contributed by atoms with van der Waals surface area (Å²) in [6.45, 7) is 3.91. The predicted molar refractivity (Wildman–Crippen MR) is 58.1 cm³/mol. The maximum absolute atomic E-state index is 11.7. The number of rotatable bonds is 5. The molecule has 1 rings (SSSR count). The molecule has 5 nitrogen and oxygen atoms in total. The van der Waals surface area contributed by atoms with E-state index in [1.165, 1.54) is 6.20 Å². The molecule has 0 saturated heterocycles. The minimum Gasteiger partial charge on any atom is -0.466 e. The topological polar surface area (TPSA) is 61.2 Å². The molecule has 1 aromatic heterocycles. The van der Waals surface area contributed by atoms with Gasteiger partial charge in [0.05, 0.1) is 24.8 Å². The quantitative estimate of drug-likeness (QED) is 0.558. The molecule has 0 aliphatic rings. The van der Waals surface area contributed by atoms with Crippen molar-refractivity contribution in [1.29, 1.82) is 0 Å². The van der Waals surface area contributed by atoms with E-state index in [-0.39, 0.29) is 24.6 Å². The second-order valence-corrected chi connectivity index (χ2v) is 3.50. The Labute approximate surface area is 94.4 Å². The summed E-state index contributed by atoms with van der Waals surface area (Å²) in [6, 6.07) is 0. The van der Waals surface area contributed by atoms with Gasteiger partial charge in [0.2, 0.25) is 0 Å². The van der Waals surface area contributed by atoms with Gasteiger partial charge in [-0.3, -0.25) is 14.3 Å². The highest BCUT2D eigenvalue weighted by Gasteiger charge is 2.14. The average Bonchev–Trinajstić information content (AvgIpc) is 2.57. The van der Waals surface area contributed by atoms with Crippen molar-refractivity contribution >= 4 is 11.8 Å². The lowest BCUT2D eigenvalue weighted by Gasteiger charge is -2.01. The van der Waals surface area contributed by atoms with Crippen molar-refractivity contribution in [2.24, 2.45) is 7.05 Å². The van der Waals surface area contributed by atoms with E-state index >= 15 is 0 Å². The molecule has 0 bridgehead atoms. The number of Topliss-reactive ketones (excluding diaryl/α,β-unsaturated/α-hetero) is 1. The molecular formula is C11H16N2O3. The van der Waals surface area contributed by atoms with Crippen molar-refractivity contribution < 1.29 is 14.3 Å². The minimum atomic E-state index is -0.336. The predicted octanol–water partition coefficient (Wildman–Crippen LogP) is 1.25. The van der Waals surface area contributed by atoms with Crippen LogP contribution in [0.15, 0.2) is 6.20 Å². The molecule has 0 atom stereocenters. The zero-order valence-electron chi connectivity index (χ0n) is 9.82. The van der Waals surface area contributed by atoms with Crippen LogP contribution in [-0.4, -0.2) is 28.1 Å². The fourth-order valence-corrected chi connectivity index (χ4v) is 1.36. The van der Waals surface area contributed by atoms with E-state index in [2.05, 4.69) is 5.10 Å². The number of nitrogens with zero attached hydrogens (tertiary/aromatic N) is 2. The number of ether oxygens (including phenoxy) is 1. The molecule has 88 valence electrons. The fourth-order valence-electron chi connectivity index (χ4n) is 1.36. The highest BCUT2D eigenvalue weighted by atomic mass is 16.5. The molecule has 5 heteroatoms. The molecule has 0 amide bonds. The van der Waals surface area contributed by atoms with Crippen LogP contribution in [0.3, 0.4) is 0 Å². The largest absolute Gasteiger partial charge is 0.466 e. The summed E-state index contributed by atoms with van der Waals surface area (Å²) in [6.07, 6.45) is 1.83. The molecule has 0 unspecified atom stereocenters. The summed E-state index contributed by atoms with van der Waals surface area (Å²) >= 11 is 0. The minimum absolute atomic E-state index is 0.0707. The van der Waals surface area contributed by atoms with Crippen molar-refractivity contribution in [3.8, 4) is 0 Å². The van der Waals surface area contributed by atoms with Gasteiger partial charge in [0.15, 0.2) is 5.78 Å². The molecule has 0 aliphatic heterocycles. The zero-order chi connectivity index (χ0) is 12.1. The number of aryl methyl sites for hydroxylation is 1. The van der Waals surface area contributed by atoms with Crippen LogP contribution in [0.1, 0.15) is 35.8 Å². The Morgan fingerprint density at radius 1 is 1.44 bits per heavy atom. The summed E-state index contributed by atoms with van der Waals surface area (Å²) in [5.74, 6) is -0.406. The Hall–Kier alpha value is -1.65. The van der Waals surface area contributed by atoms with Gasteiger partial charge >= 0.3 is 5.97 Å². The Morgan fingerprint density at radius 3 is 2.62 bits per heavy atom. The van der Waals surface area contributed by atoms with Gasteiger partial charge in [0, 0.05) is 19.2 Å². The molecule has 0 aliphatic carbocycles. The molecule has 1 aromatic rings. The third-order valence-electron chi connectivity index (χ3n) is 2.40. The lowest BCUT2D eigenvalue weighted by Crippen LogP contribution is -2.08. The van der Waals surface area contributed by atoms with E-state index < -0.39 is 0 Å². The Bertz CT molecular complexity index is 396. The average molecular weight is 224 g/mol. The highest BCUT2D eigenvalue weighted by Crippen LogP contribution is 2.10. The smallest absolute Gasteiger partial charge is 0.306 e. The summed E-state index contributed by atoms with van der Waals surface area (Å²) in [5.41, 5.74) is 1.39. The molecule has 0 saturated carbocycles. The maximum atomic E-state index is 11.7. The molecule has 0 spiro atoms. The monoisotopic (exact) mass is 224 g/mol. The van der Waals surface area contributed by atoms with Gasteiger partial charge in [0.1, 0.15) is 0 Å². The van der Waals surface area contributed by atoms with Crippen molar-refractivity contribution in [3.63, 3.8) is 0 Å². The number of aromatic nitrogens is 2. The number of ketones is 1. The second-order valence-electron chi connectivity index (χ2n) is 3.50. The van der Waals surface area contributed by atoms with Crippen LogP contribution in [0, 0.1) is 6.92 Å². The van der Waals surface area contributed by atoms with E-state index in [0.29, 0.717) is 12.2 Å². The first kappa shape index (κ1) is 12.4. The Balaban J connectivity index is 2.53. The van der Waals surface area contributed by atoms with Crippen LogP contribution < -0.4 is 0 Å². The van der Waals surface area contributed by atoms with E-state index in [4.69, 9.17) is 4.74 Å². The normalized spacial score (nSPS) is 10.2. The molecule has 16 heavy (non-hydrogen) atoms. The van der Waals surface area contributed by atoms with Crippen LogP contribution in [0.5, 0.6) is 0 Å². The van der Waals surface area contributed by atoms with Gasteiger partial charge < -0.3 is 4.74 Å². The SMILES string of the molecule is CCOC(=O)CCC(=O)c1cnn(C)c1C. The van der Waals surface area contributed by atoms with Gasteiger partial charge in [-0.2, -0.15) is 5.10 Å². The summed E-state index contributed by atoms with van der Waals surface area (Å²) in [4.78, 5) is 22.8. The van der Waals surface area contributed by atoms with E-state index in [9.17, 15) is 9.59 Å². The van der Waals surface area contributed by atoms with Crippen LogP contribution in [0.25, 0.3) is 0 Å². The Morgan fingerprint density at radius 2 is 2.12 bits per heavy atom. The highest BCUT2D eigenvalue weighted by molar-refractivity contribution is 5.98. The van der Waals surface area contributed by atoms with Crippen molar-refractivity contribution in [2.75, 3.05) is 6.61 Å². The van der Waals surface area contributed by atoms with Crippen LogP contribution >= 0.6 is 0 Å². The number of esters is 1. The maximum Gasteiger partial charge on any atom is 0.306 e. The fraction of sp³-hybridized carbons (Fsp3) is 0.545. The first-order chi connectivity index (χ1) is 7.56. The van der Waals surface area contributed by atoms with Crippen molar-refractivity contribution in [1.82, 2.24) is 9.78 Å². The Kier molecular flexibility index (Phi) is 4.22. The third-order valence-corrected chi connectivity index (χ3v) is 2.40. The summed E-state index contributed by atoms with van der Waals surface area (Å²) in [5, 5.41) is 3.98. The molecule has 0 N–H and O–H groups in total. The van der Waals surface area contributed by atoms with E-state index in [1.54, 1.807) is 18.7 Å². The van der Waals surface area contributed by atoms with Crippen molar-refractivity contribution in [3.05, 3.63) is 17.5 Å². The first-order valence-electron chi connectivity index (χ1n) is 5.23. The molecular weight excluding hydrogens is 208 g/mol. The lowest BCUT2D eigenvalue weighted by atomic mass is 10.1. The second kappa shape index (κ2) is 5.44. The number of carbonyl (C=O) groups is 2. The third kappa shape index (κ3) is 2.92. The molecule has 1 heterocycles. The van der Waals surface area contributed by atoms with Crippen LogP contribution in [-0.2, 0) is 16.6 Å². The summed E-state index contributed by atoms with van der Waals surface area (Å²) < 4.78 is 6.39. The van der Waals surface area contributed by atoms with E-state index in [0.717, 1.165) is 5.69 Å². The van der Waals surface area contributed by atoms with Gasteiger partial charge in [-0.1, -0.05) is 0 Å². The number of hydrogen-bond donors (Lipinski definition) is 0. The van der Waals surface area contributed by atoms with Gasteiger partial charge in [-0.25, -0.2) is 0 Å². The van der Waals surface area contributed by atoms with E-state index in [1.807, 2.05) is 6.92 Å². The summed E-state index contributed by atoms with van der Waals surface area (Å²) in [7, 11) is 1.78. The van der Waals surface area contributed by atoms with Gasteiger partial charge in [-0.05, 0) is 13.8 Å². The first-order valence-corrected chi connectivity index (χ1v) is 5.23. The zero-order valence-corrected chi connectivity index (χ0v) is 9.82. The van der Waals surface area contributed by atoms with Crippen LogP contribution in [0.2, 0.25) is 0 Å². The number of carbonyl (C=O) groups excluding carboxylic acids is 2. The van der Waals surface area contributed by atoms with Gasteiger partial charge in [0.25, 0.3) is 0 Å². The molecule has 0 fully saturated rings. The number of hydrogen-bond acceptors (Lipinski definition) is 4. The lowest BCUT2D eigenvalue weighted by molar-refractivity contribution is -0.143. The van der Waals surface area contributed by atoms with Gasteiger partial charge in [-0.15, -0.1) is 0 Å².